The molecule has 0 saturated heterocycles. The second-order valence-electron chi connectivity index (χ2n) is 28.8. The highest BCUT2D eigenvalue weighted by Crippen LogP contribution is 2.66. The van der Waals surface area contributed by atoms with Crippen LogP contribution < -0.4 is 4.90 Å². The molecule has 0 atom stereocenters. The van der Waals surface area contributed by atoms with Crippen LogP contribution in [0.2, 0.25) is 0 Å². The summed E-state index contributed by atoms with van der Waals surface area (Å²) in [4.78, 5) is 2.60. The molecule has 488 valence electrons. The molecule has 18 aromatic rings. The molecule has 0 aliphatic heterocycles. The molecule has 3 nitrogen and oxygen atoms in total. The maximum atomic E-state index is 7.10. The number of anilines is 3. The van der Waals surface area contributed by atoms with E-state index in [9.17, 15) is 0 Å². The van der Waals surface area contributed by atoms with Crippen molar-refractivity contribution in [3.8, 4) is 77.9 Å². The zero-order valence-electron chi connectivity index (χ0n) is 57.5. The molecule has 3 aliphatic carbocycles. The van der Waals surface area contributed by atoms with Gasteiger partial charge in [-0.15, -0.1) is 0 Å². The van der Waals surface area contributed by atoms with Crippen LogP contribution >= 0.6 is 0 Å². The fourth-order valence-corrected chi connectivity index (χ4v) is 18.7. The van der Waals surface area contributed by atoms with Crippen LogP contribution in [0, 0.1) is 0 Å². The van der Waals surface area contributed by atoms with E-state index < -0.39 is 16.2 Å². The lowest BCUT2D eigenvalue weighted by atomic mass is 9.66. The molecule has 2 aromatic heterocycles. The molecule has 0 bridgehead atoms. The summed E-state index contributed by atoms with van der Waals surface area (Å²) in [5.74, 6) is 0. The van der Waals surface area contributed by atoms with E-state index in [1.165, 1.54) is 100 Å². The Bertz CT molecular complexity index is 6320. The average Bonchev–Trinajstić information content (AvgIpc) is 1.36. The van der Waals surface area contributed by atoms with Crippen molar-refractivity contribution in [3.05, 3.63) is 426 Å². The highest BCUT2D eigenvalue weighted by Gasteiger charge is 2.53. The Morgan fingerprint density at radius 3 is 1.21 bits per heavy atom. The van der Waals surface area contributed by atoms with Gasteiger partial charge in [0.25, 0.3) is 0 Å². The number of para-hydroxylation sites is 3. The van der Waals surface area contributed by atoms with E-state index in [4.69, 9.17) is 8.83 Å². The van der Waals surface area contributed by atoms with Crippen molar-refractivity contribution >= 4 is 60.9 Å². The van der Waals surface area contributed by atoms with Crippen molar-refractivity contribution in [2.75, 3.05) is 4.90 Å². The predicted molar refractivity (Wildman–Crippen MR) is 430 cm³/mol. The predicted octanol–water partition coefficient (Wildman–Crippen LogP) is 26.7. The zero-order valence-corrected chi connectivity index (χ0v) is 57.5. The van der Waals surface area contributed by atoms with Gasteiger partial charge in [-0.1, -0.05) is 323 Å². The summed E-state index contributed by atoms with van der Waals surface area (Å²) in [6, 6.07) is 138. The minimum atomic E-state index is -0.831. The normalized spacial score (nSPS) is 13.9. The van der Waals surface area contributed by atoms with Gasteiger partial charge in [0, 0.05) is 55.0 Å². The van der Waals surface area contributed by atoms with Crippen LogP contribution in [0.3, 0.4) is 0 Å². The van der Waals surface area contributed by atoms with Crippen molar-refractivity contribution in [1.82, 2.24) is 0 Å². The first-order valence-corrected chi connectivity index (χ1v) is 36.2. The Kier molecular flexibility index (Phi) is 13.2. The summed E-state index contributed by atoms with van der Waals surface area (Å²) in [5.41, 5.74) is 33.3. The van der Waals surface area contributed by atoms with Crippen LogP contribution in [0.4, 0.5) is 17.1 Å². The summed E-state index contributed by atoms with van der Waals surface area (Å²) in [5, 5.41) is 4.50. The summed E-state index contributed by atoms with van der Waals surface area (Å²) in [7, 11) is 0. The van der Waals surface area contributed by atoms with Crippen molar-refractivity contribution in [2.24, 2.45) is 0 Å². The maximum Gasteiger partial charge on any atom is 0.143 e. The molecule has 21 rings (SSSR count). The molecule has 0 N–H and O–H groups in total. The number of fused-ring (bicyclic) bond motifs is 17. The van der Waals surface area contributed by atoms with Gasteiger partial charge >= 0.3 is 0 Å². The number of rotatable bonds is 11. The number of furan rings is 2. The fourth-order valence-electron chi connectivity index (χ4n) is 18.7. The SMILES string of the molecule is CC1(C)c2cc(N(c3ccc4c(c3)C(c3ccccc3)(c3ccccc3)c3cc5c(cc3-4)C(c3ccccc3)(c3ccccc3)c3ccc4oc6ccccc6c4c3-5)c3c(-c4ccccc4)cccc3-c3ccccc3)ccc2-c2c1cc(-c1ccc(-c3ccccc3)cc1)c1oc3ccccc3c21. The van der Waals surface area contributed by atoms with Gasteiger partial charge in [0.2, 0.25) is 0 Å². The Balaban J connectivity index is 0.845. The van der Waals surface area contributed by atoms with Crippen LogP contribution in [0.25, 0.3) is 122 Å². The van der Waals surface area contributed by atoms with E-state index in [0.29, 0.717) is 0 Å². The zero-order chi connectivity index (χ0) is 68.8. The summed E-state index contributed by atoms with van der Waals surface area (Å²) in [6.07, 6.45) is 0. The highest BCUT2D eigenvalue weighted by atomic mass is 16.3. The first-order valence-electron chi connectivity index (χ1n) is 36.2. The minimum absolute atomic E-state index is 0.462. The number of benzene rings is 16. The first-order chi connectivity index (χ1) is 51.3. The van der Waals surface area contributed by atoms with E-state index in [2.05, 4.69) is 389 Å². The van der Waals surface area contributed by atoms with Crippen LogP contribution in [-0.2, 0) is 16.2 Å². The molecule has 3 heteroatoms. The highest BCUT2D eigenvalue weighted by molar-refractivity contribution is 6.20. The third-order valence-corrected chi connectivity index (χ3v) is 23.2. The lowest BCUT2D eigenvalue weighted by Crippen LogP contribution is -2.30. The van der Waals surface area contributed by atoms with Crippen molar-refractivity contribution < 1.29 is 8.83 Å². The van der Waals surface area contributed by atoms with Gasteiger partial charge in [-0.25, -0.2) is 0 Å². The molecule has 0 fully saturated rings. The number of hydrogen-bond acceptors (Lipinski definition) is 3. The summed E-state index contributed by atoms with van der Waals surface area (Å²) < 4.78 is 14.0. The third-order valence-electron chi connectivity index (χ3n) is 23.2. The van der Waals surface area contributed by atoms with E-state index >= 15 is 0 Å². The van der Waals surface area contributed by atoms with Gasteiger partial charge in [-0.05, 0) is 177 Å². The molecule has 104 heavy (non-hydrogen) atoms. The average molecular weight is 1330 g/mol. The quantitative estimate of drug-likeness (QED) is 0.129. The fraction of sp³-hybridized carbons (Fsp3) is 0.0495. The van der Waals surface area contributed by atoms with Gasteiger partial charge in [-0.2, -0.15) is 0 Å². The van der Waals surface area contributed by atoms with E-state index in [1.807, 2.05) is 0 Å². The molecule has 3 aliphatic rings. The molecular weight excluding hydrogens is 1260 g/mol. The van der Waals surface area contributed by atoms with Crippen LogP contribution in [0.1, 0.15) is 69.5 Å². The second-order valence-corrected chi connectivity index (χ2v) is 28.8. The van der Waals surface area contributed by atoms with Gasteiger partial charge in [0.15, 0.2) is 0 Å². The minimum Gasteiger partial charge on any atom is -0.456 e. The topological polar surface area (TPSA) is 29.5 Å². The lowest BCUT2D eigenvalue weighted by Gasteiger charge is -2.36. The summed E-state index contributed by atoms with van der Waals surface area (Å²) >= 11 is 0. The Morgan fingerprint density at radius 2 is 0.644 bits per heavy atom. The van der Waals surface area contributed by atoms with Crippen LogP contribution in [0.15, 0.2) is 379 Å². The van der Waals surface area contributed by atoms with Crippen molar-refractivity contribution in [3.63, 3.8) is 0 Å². The Hall–Kier alpha value is -13.1. The maximum absolute atomic E-state index is 7.10. The Morgan fingerprint density at radius 1 is 0.240 bits per heavy atom. The third kappa shape index (κ3) is 8.53. The van der Waals surface area contributed by atoms with Gasteiger partial charge < -0.3 is 13.7 Å². The molecular formula is C101H67NO2. The molecule has 0 spiro atoms. The first kappa shape index (κ1) is 59.8. The number of hydrogen-bond donors (Lipinski definition) is 0. The lowest BCUT2D eigenvalue weighted by molar-refractivity contribution is 0.657. The molecule has 2 heterocycles. The Labute approximate surface area is 604 Å². The van der Waals surface area contributed by atoms with Crippen molar-refractivity contribution in [2.45, 2.75) is 30.1 Å². The van der Waals surface area contributed by atoms with Crippen LogP contribution in [0.5, 0.6) is 0 Å². The monoisotopic (exact) mass is 1330 g/mol. The molecule has 0 amide bonds. The second kappa shape index (κ2) is 23.0. The van der Waals surface area contributed by atoms with Crippen molar-refractivity contribution in [1.29, 1.82) is 0 Å². The van der Waals surface area contributed by atoms with E-state index in [-0.39, 0.29) is 0 Å². The summed E-state index contributed by atoms with van der Waals surface area (Å²) in [6.45, 7) is 4.85. The molecule has 0 unspecified atom stereocenters. The largest absolute Gasteiger partial charge is 0.456 e. The van der Waals surface area contributed by atoms with Gasteiger partial charge in [0.1, 0.15) is 22.3 Å². The molecule has 0 saturated carbocycles. The molecule has 0 radical (unpaired) electrons. The standard InChI is InChI=1S/C101H67NO2/c1-99(2)85-59-73(54-56-78(85)93-89(99)61-81(98-96(93)80-44-25-27-48-91(80)104-98)68-51-49-65(50-52-68)64-29-10-3-11-30-64)102(97-75(66-31-12-4-13-32-66)45-28-46-76(97)67-33-14-5-15-34-67)74-53-55-77-82-62-88-83(63-87(82)101(86(77)60-74,71-39-20-8-21-40-71)72-41-22-9-23-42-72)94-84(57-58-92-95(94)79-43-24-26-47-90(79)103-92)100(88,69-35-16-6-17-36-69)70-37-18-7-19-38-70/h3-63H,1-2H3. The van der Waals surface area contributed by atoms with E-state index in [1.54, 1.807) is 0 Å². The van der Waals surface area contributed by atoms with Gasteiger partial charge in [-0.3, -0.25) is 0 Å². The molecule has 16 aromatic carbocycles. The van der Waals surface area contributed by atoms with Crippen LogP contribution in [-0.4, -0.2) is 0 Å². The van der Waals surface area contributed by atoms with E-state index in [0.717, 1.165) is 94.3 Å². The smallest absolute Gasteiger partial charge is 0.143 e. The number of nitrogens with zero attached hydrogens (tertiary/aromatic N) is 1. The van der Waals surface area contributed by atoms with Gasteiger partial charge in [0.05, 0.1) is 16.5 Å².